The highest BCUT2D eigenvalue weighted by Gasteiger charge is 2.25. The Morgan fingerprint density at radius 2 is 1.90 bits per heavy atom. The van der Waals surface area contributed by atoms with E-state index >= 15 is 0 Å². The molecule has 1 aromatic carbocycles. The van der Waals surface area contributed by atoms with Crippen molar-refractivity contribution in [3.05, 3.63) is 29.3 Å². The third-order valence-corrected chi connectivity index (χ3v) is 4.48. The van der Waals surface area contributed by atoms with Crippen LogP contribution in [0.25, 0.3) is 0 Å². The molecule has 2 aliphatic rings. The summed E-state index contributed by atoms with van der Waals surface area (Å²) in [4.78, 5) is 11.3. The molecule has 3 heteroatoms. The van der Waals surface area contributed by atoms with Crippen LogP contribution in [0.15, 0.2) is 18.2 Å². The van der Waals surface area contributed by atoms with E-state index in [1.54, 1.807) is 6.07 Å². The van der Waals surface area contributed by atoms with Crippen molar-refractivity contribution in [2.24, 2.45) is 5.92 Å². The van der Waals surface area contributed by atoms with Crippen LogP contribution in [0.3, 0.4) is 0 Å². The van der Waals surface area contributed by atoms with Gasteiger partial charge in [-0.05, 0) is 55.2 Å². The second kappa shape index (κ2) is 5.86. The SMILES string of the molecule is O=C(O)c1ccc(C2CC2)cc1OCC1CCCCC1. The molecule has 2 fully saturated rings. The molecule has 0 bridgehead atoms. The highest BCUT2D eigenvalue weighted by molar-refractivity contribution is 5.91. The number of rotatable bonds is 5. The van der Waals surface area contributed by atoms with E-state index in [0.717, 1.165) is 0 Å². The molecule has 1 aromatic rings. The highest BCUT2D eigenvalue weighted by Crippen LogP contribution is 2.41. The van der Waals surface area contributed by atoms with Crippen molar-refractivity contribution >= 4 is 5.97 Å². The number of benzene rings is 1. The van der Waals surface area contributed by atoms with Gasteiger partial charge in [-0.25, -0.2) is 4.79 Å². The van der Waals surface area contributed by atoms with Gasteiger partial charge in [0.2, 0.25) is 0 Å². The molecule has 20 heavy (non-hydrogen) atoms. The fraction of sp³-hybridized carbons (Fsp3) is 0.588. The van der Waals surface area contributed by atoms with Gasteiger partial charge in [0.15, 0.2) is 0 Å². The first kappa shape index (κ1) is 13.5. The monoisotopic (exact) mass is 274 g/mol. The van der Waals surface area contributed by atoms with Crippen LogP contribution in [0.4, 0.5) is 0 Å². The maximum atomic E-state index is 11.3. The molecular formula is C17H22O3. The lowest BCUT2D eigenvalue weighted by Gasteiger charge is -2.22. The minimum Gasteiger partial charge on any atom is -0.492 e. The summed E-state index contributed by atoms with van der Waals surface area (Å²) >= 11 is 0. The summed E-state index contributed by atoms with van der Waals surface area (Å²) in [5.74, 6) is 0.878. The summed E-state index contributed by atoms with van der Waals surface area (Å²) in [5, 5.41) is 9.27. The summed E-state index contributed by atoms with van der Waals surface area (Å²) in [7, 11) is 0. The van der Waals surface area contributed by atoms with Gasteiger partial charge >= 0.3 is 5.97 Å². The molecular weight excluding hydrogens is 252 g/mol. The van der Waals surface area contributed by atoms with Crippen molar-refractivity contribution in [2.75, 3.05) is 6.61 Å². The van der Waals surface area contributed by atoms with Gasteiger partial charge in [-0.2, -0.15) is 0 Å². The first-order valence-corrected chi connectivity index (χ1v) is 7.74. The fourth-order valence-corrected chi connectivity index (χ4v) is 3.07. The maximum absolute atomic E-state index is 11.3. The molecule has 0 unspecified atom stereocenters. The Bertz CT molecular complexity index is 485. The lowest BCUT2D eigenvalue weighted by atomic mass is 9.90. The van der Waals surface area contributed by atoms with Gasteiger partial charge in [-0.15, -0.1) is 0 Å². The van der Waals surface area contributed by atoms with Crippen LogP contribution in [0.2, 0.25) is 0 Å². The predicted molar refractivity (Wildman–Crippen MR) is 77.4 cm³/mol. The molecule has 0 amide bonds. The lowest BCUT2D eigenvalue weighted by molar-refractivity contribution is 0.0690. The van der Waals surface area contributed by atoms with Crippen molar-refractivity contribution in [3.8, 4) is 5.75 Å². The molecule has 0 spiro atoms. The average molecular weight is 274 g/mol. The van der Waals surface area contributed by atoms with Crippen molar-refractivity contribution in [1.82, 2.24) is 0 Å². The van der Waals surface area contributed by atoms with Crippen molar-refractivity contribution < 1.29 is 14.6 Å². The van der Waals surface area contributed by atoms with E-state index in [2.05, 4.69) is 0 Å². The molecule has 0 radical (unpaired) electrons. The summed E-state index contributed by atoms with van der Waals surface area (Å²) in [5.41, 5.74) is 1.53. The topological polar surface area (TPSA) is 46.5 Å². The molecule has 0 saturated heterocycles. The Balaban J connectivity index is 1.71. The molecule has 2 aliphatic carbocycles. The fourth-order valence-electron chi connectivity index (χ4n) is 3.07. The van der Waals surface area contributed by atoms with E-state index in [1.165, 1.54) is 50.5 Å². The number of carbonyl (C=O) groups is 1. The highest BCUT2D eigenvalue weighted by atomic mass is 16.5. The number of hydrogen-bond acceptors (Lipinski definition) is 2. The quantitative estimate of drug-likeness (QED) is 0.874. The minimum atomic E-state index is -0.897. The number of hydrogen-bond donors (Lipinski definition) is 1. The number of ether oxygens (including phenoxy) is 1. The van der Waals surface area contributed by atoms with E-state index in [1.807, 2.05) is 12.1 Å². The minimum absolute atomic E-state index is 0.296. The normalized spacial score (nSPS) is 19.8. The van der Waals surface area contributed by atoms with Gasteiger partial charge in [0, 0.05) is 0 Å². The first-order valence-electron chi connectivity index (χ1n) is 7.74. The van der Waals surface area contributed by atoms with Gasteiger partial charge in [-0.3, -0.25) is 0 Å². The second-order valence-corrected chi connectivity index (χ2v) is 6.15. The Hall–Kier alpha value is -1.51. The zero-order valence-electron chi connectivity index (χ0n) is 11.8. The zero-order valence-corrected chi connectivity index (χ0v) is 11.8. The van der Waals surface area contributed by atoms with Crippen LogP contribution in [-0.2, 0) is 0 Å². The Kier molecular flexibility index (Phi) is 3.95. The first-order chi connectivity index (χ1) is 9.74. The zero-order chi connectivity index (χ0) is 13.9. The molecule has 3 nitrogen and oxygen atoms in total. The Morgan fingerprint density at radius 3 is 2.55 bits per heavy atom. The number of carboxylic acids is 1. The van der Waals surface area contributed by atoms with Crippen molar-refractivity contribution in [3.63, 3.8) is 0 Å². The summed E-state index contributed by atoms with van der Waals surface area (Å²) in [6.07, 6.45) is 8.75. The van der Waals surface area contributed by atoms with Gasteiger partial charge in [0.1, 0.15) is 11.3 Å². The van der Waals surface area contributed by atoms with Gasteiger partial charge in [-0.1, -0.05) is 25.3 Å². The van der Waals surface area contributed by atoms with Crippen LogP contribution < -0.4 is 4.74 Å². The molecule has 1 N–H and O–H groups in total. The third-order valence-electron chi connectivity index (χ3n) is 4.48. The van der Waals surface area contributed by atoms with Crippen LogP contribution >= 0.6 is 0 Å². The molecule has 2 saturated carbocycles. The van der Waals surface area contributed by atoms with E-state index in [4.69, 9.17) is 4.74 Å². The standard InChI is InChI=1S/C17H22O3/c18-17(19)15-9-8-14(13-6-7-13)10-16(15)20-11-12-4-2-1-3-5-12/h8-10,12-13H,1-7,11H2,(H,18,19). The third kappa shape index (κ3) is 3.14. The van der Waals surface area contributed by atoms with E-state index in [0.29, 0.717) is 29.8 Å². The summed E-state index contributed by atoms with van der Waals surface area (Å²) < 4.78 is 5.88. The molecule has 3 rings (SSSR count). The number of aromatic carboxylic acids is 1. The Labute approximate surface area is 120 Å². The Morgan fingerprint density at radius 1 is 1.15 bits per heavy atom. The van der Waals surface area contributed by atoms with E-state index < -0.39 is 5.97 Å². The molecule has 0 heterocycles. The van der Waals surface area contributed by atoms with Crippen molar-refractivity contribution in [1.29, 1.82) is 0 Å². The molecule has 0 aliphatic heterocycles. The molecule has 0 aromatic heterocycles. The van der Waals surface area contributed by atoms with Gasteiger partial charge in [0.05, 0.1) is 6.61 Å². The van der Waals surface area contributed by atoms with Gasteiger partial charge < -0.3 is 9.84 Å². The smallest absolute Gasteiger partial charge is 0.339 e. The van der Waals surface area contributed by atoms with Gasteiger partial charge in [0.25, 0.3) is 0 Å². The second-order valence-electron chi connectivity index (χ2n) is 6.15. The van der Waals surface area contributed by atoms with Crippen LogP contribution in [0, 0.1) is 5.92 Å². The maximum Gasteiger partial charge on any atom is 0.339 e. The van der Waals surface area contributed by atoms with E-state index in [-0.39, 0.29) is 0 Å². The van der Waals surface area contributed by atoms with Crippen LogP contribution in [0.1, 0.15) is 66.8 Å². The summed E-state index contributed by atoms with van der Waals surface area (Å²) in [6, 6.07) is 5.59. The summed E-state index contributed by atoms with van der Waals surface area (Å²) in [6.45, 7) is 0.661. The molecule has 108 valence electrons. The van der Waals surface area contributed by atoms with E-state index in [9.17, 15) is 9.90 Å². The van der Waals surface area contributed by atoms with Crippen LogP contribution in [-0.4, -0.2) is 17.7 Å². The molecule has 0 atom stereocenters. The van der Waals surface area contributed by atoms with Crippen molar-refractivity contribution in [2.45, 2.75) is 50.9 Å². The largest absolute Gasteiger partial charge is 0.492 e. The average Bonchev–Trinajstić information content (AvgIpc) is 3.30. The number of carboxylic acid groups (broad SMARTS) is 1. The predicted octanol–water partition coefficient (Wildman–Crippen LogP) is 4.22. The van der Waals surface area contributed by atoms with Crippen LogP contribution in [0.5, 0.6) is 5.75 Å². The lowest BCUT2D eigenvalue weighted by Crippen LogP contribution is -2.16.